The summed E-state index contributed by atoms with van der Waals surface area (Å²) < 4.78 is 86.5. The van der Waals surface area contributed by atoms with Gasteiger partial charge in [0.25, 0.3) is 11.8 Å². The van der Waals surface area contributed by atoms with Gasteiger partial charge in [-0.1, -0.05) is 6.07 Å². The van der Waals surface area contributed by atoms with E-state index in [1.807, 2.05) is 0 Å². The summed E-state index contributed by atoms with van der Waals surface area (Å²) in [5.41, 5.74) is 1.26. The van der Waals surface area contributed by atoms with Crippen LogP contribution in [0.25, 0.3) is 0 Å². The summed E-state index contributed by atoms with van der Waals surface area (Å²) in [5.74, 6) is -5.31. The number of nitrogens with zero attached hydrogens (tertiary/aromatic N) is 4. The van der Waals surface area contributed by atoms with E-state index < -0.39 is 74.7 Å². The number of carbonyl (C=O) groups excluding carboxylic acids is 2. The highest BCUT2D eigenvalue weighted by Gasteiger charge is 2.40. The summed E-state index contributed by atoms with van der Waals surface area (Å²) in [6, 6.07) is 6.94. The lowest BCUT2D eigenvalue weighted by Gasteiger charge is -2.27. The van der Waals surface area contributed by atoms with Gasteiger partial charge in [0.2, 0.25) is 5.92 Å². The maximum Gasteiger partial charge on any atom is 0.434 e. The minimum Gasteiger partial charge on any atom is -0.356 e. The zero-order valence-electron chi connectivity index (χ0n) is 22.7. The van der Waals surface area contributed by atoms with Crippen molar-refractivity contribution in [3.63, 3.8) is 0 Å². The summed E-state index contributed by atoms with van der Waals surface area (Å²) in [7, 11) is -3.31. The Morgan fingerprint density at radius 2 is 1.88 bits per heavy atom. The van der Waals surface area contributed by atoms with Crippen molar-refractivity contribution in [1.82, 2.24) is 4.98 Å². The SMILES string of the molecule is Cc1c(C#N)c(C(F)(F)F)nc(N2CCCC(F)(F)CC2)c1C(=O)Nc1cccc(S(C)(=O)=NC(=O)C(C)(C)N)c1. The Morgan fingerprint density at radius 3 is 2.46 bits per heavy atom. The predicted molar refractivity (Wildman–Crippen MR) is 142 cm³/mol. The molecule has 3 N–H and O–H groups in total. The molecule has 1 fully saturated rings. The van der Waals surface area contributed by atoms with Crippen LogP contribution in [0, 0.1) is 18.3 Å². The monoisotopic (exact) mass is 600 g/mol. The highest BCUT2D eigenvalue weighted by Crippen LogP contribution is 2.38. The van der Waals surface area contributed by atoms with Crippen molar-refractivity contribution in [2.45, 2.75) is 62.6 Å². The average molecular weight is 601 g/mol. The summed E-state index contributed by atoms with van der Waals surface area (Å²) in [4.78, 5) is 30.6. The third-order valence-corrected chi connectivity index (χ3v) is 8.03. The first kappa shape index (κ1) is 31.9. The number of benzene rings is 1. The summed E-state index contributed by atoms with van der Waals surface area (Å²) >= 11 is 0. The number of amides is 2. The standard InChI is InChI=1S/C26H29F5N6O3S/c1-15-18(14-32)20(26(29,30)31)35-21(37-11-6-9-25(27,28)10-12-37)19(15)22(38)34-16-7-5-8-17(13-16)41(4,40)36-23(39)24(2,3)33/h5,7-8,13H,6,9-12,33H2,1-4H3,(H,34,38). The Hall–Kier alpha value is -3.64. The number of hydrogen-bond donors (Lipinski definition) is 2. The van der Waals surface area contributed by atoms with Gasteiger partial charge in [-0.3, -0.25) is 9.59 Å². The van der Waals surface area contributed by atoms with Crippen molar-refractivity contribution < 1.29 is 35.8 Å². The molecule has 3 rings (SSSR count). The number of nitriles is 1. The molecule has 0 radical (unpaired) electrons. The Labute approximate surface area is 234 Å². The normalized spacial score (nSPS) is 17.1. The topological polar surface area (TPSA) is 142 Å². The Kier molecular flexibility index (Phi) is 8.81. The molecule has 0 bridgehead atoms. The van der Waals surface area contributed by atoms with Gasteiger partial charge in [-0.15, -0.1) is 0 Å². The number of nitrogens with two attached hydrogens (primary N) is 1. The molecule has 1 unspecified atom stereocenters. The molecular weight excluding hydrogens is 571 g/mol. The largest absolute Gasteiger partial charge is 0.434 e. The van der Waals surface area contributed by atoms with Crippen LogP contribution in [0.5, 0.6) is 0 Å². The number of aromatic nitrogens is 1. The highest BCUT2D eigenvalue weighted by molar-refractivity contribution is 7.93. The molecule has 2 aromatic rings. The zero-order valence-corrected chi connectivity index (χ0v) is 23.6. The molecule has 222 valence electrons. The Bertz CT molecular complexity index is 1540. The lowest BCUT2D eigenvalue weighted by Crippen LogP contribution is -2.40. The molecule has 0 saturated carbocycles. The molecule has 1 saturated heterocycles. The third-order valence-electron chi connectivity index (χ3n) is 6.39. The molecule has 1 aliphatic heterocycles. The van der Waals surface area contributed by atoms with Crippen molar-refractivity contribution in [3.05, 3.63) is 46.6 Å². The van der Waals surface area contributed by atoms with Crippen LogP contribution in [0.2, 0.25) is 0 Å². The second kappa shape index (κ2) is 11.3. The molecule has 0 aliphatic carbocycles. The van der Waals surface area contributed by atoms with Crippen LogP contribution in [0.4, 0.5) is 33.5 Å². The van der Waals surface area contributed by atoms with Crippen molar-refractivity contribution in [3.8, 4) is 6.07 Å². The van der Waals surface area contributed by atoms with Gasteiger partial charge in [0.1, 0.15) is 11.9 Å². The van der Waals surface area contributed by atoms with E-state index in [-0.39, 0.29) is 35.7 Å². The molecule has 15 heteroatoms. The summed E-state index contributed by atoms with van der Waals surface area (Å²) in [6.45, 7) is 3.47. The number of halogens is 5. The lowest BCUT2D eigenvalue weighted by atomic mass is 10.00. The lowest BCUT2D eigenvalue weighted by molar-refractivity contribution is -0.141. The van der Waals surface area contributed by atoms with E-state index in [0.717, 1.165) is 6.92 Å². The highest BCUT2D eigenvalue weighted by atomic mass is 32.2. The minimum absolute atomic E-state index is 0.0443. The van der Waals surface area contributed by atoms with Crippen molar-refractivity contribution in [1.29, 1.82) is 5.26 Å². The van der Waals surface area contributed by atoms with Crippen LogP contribution in [-0.4, -0.2) is 51.8 Å². The van der Waals surface area contributed by atoms with E-state index in [1.165, 1.54) is 55.3 Å². The number of rotatable bonds is 5. The van der Waals surface area contributed by atoms with Gasteiger partial charge in [0, 0.05) is 42.8 Å². The Morgan fingerprint density at radius 1 is 1.22 bits per heavy atom. The predicted octanol–water partition coefficient (Wildman–Crippen LogP) is 4.88. The first-order valence-corrected chi connectivity index (χ1v) is 14.3. The van der Waals surface area contributed by atoms with Crippen molar-refractivity contribution in [2.24, 2.45) is 10.1 Å². The molecule has 1 aromatic carbocycles. The molecule has 2 heterocycles. The van der Waals surface area contributed by atoms with Crippen LogP contribution in [-0.2, 0) is 20.7 Å². The maximum absolute atomic E-state index is 14.0. The first-order valence-electron chi connectivity index (χ1n) is 12.4. The van der Waals surface area contributed by atoms with Crippen LogP contribution in [0.3, 0.4) is 0 Å². The van der Waals surface area contributed by atoms with Gasteiger partial charge < -0.3 is 16.0 Å². The van der Waals surface area contributed by atoms with Crippen molar-refractivity contribution >= 4 is 33.0 Å². The van der Waals surface area contributed by atoms with E-state index in [2.05, 4.69) is 14.7 Å². The Balaban J connectivity index is 2.11. The van der Waals surface area contributed by atoms with Crippen molar-refractivity contribution in [2.75, 3.05) is 29.6 Å². The second-order valence-electron chi connectivity index (χ2n) is 10.4. The van der Waals surface area contributed by atoms with Crippen LogP contribution in [0.1, 0.15) is 60.3 Å². The third kappa shape index (κ3) is 7.36. The fourth-order valence-corrected chi connectivity index (χ4v) is 5.47. The van der Waals surface area contributed by atoms with E-state index in [4.69, 9.17) is 5.73 Å². The molecule has 41 heavy (non-hydrogen) atoms. The van der Waals surface area contributed by atoms with Gasteiger partial charge >= 0.3 is 6.18 Å². The summed E-state index contributed by atoms with van der Waals surface area (Å²) in [5, 5.41) is 12.0. The van der Waals surface area contributed by atoms with Gasteiger partial charge in [0.15, 0.2) is 5.69 Å². The first-order chi connectivity index (χ1) is 18.8. The molecule has 9 nitrogen and oxygen atoms in total. The number of hydrogen-bond acceptors (Lipinski definition) is 7. The fourth-order valence-electron chi connectivity index (χ4n) is 4.14. The number of nitrogens with one attached hydrogen (secondary N) is 1. The van der Waals surface area contributed by atoms with Gasteiger partial charge in [-0.25, -0.2) is 18.0 Å². The summed E-state index contributed by atoms with van der Waals surface area (Å²) in [6.07, 6.45) is -5.06. The van der Waals surface area contributed by atoms with E-state index >= 15 is 0 Å². The molecule has 1 aromatic heterocycles. The molecule has 0 spiro atoms. The zero-order chi connectivity index (χ0) is 31.0. The molecule has 2 amide bonds. The molecule has 1 aliphatic rings. The number of anilines is 2. The maximum atomic E-state index is 14.0. The van der Waals surface area contributed by atoms with Gasteiger partial charge in [0.05, 0.1) is 26.4 Å². The van der Waals surface area contributed by atoms with Crippen LogP contribution >= 0.6 is 0 Å². The van der Waals surface area contributed by atoms with E-state index in [9.17, 15) is 41.0 Å². The molecule has 1 atom stereocenters. The molecular formula is C26H29F5N6O3S. The number of carbonyl (C=O) groups is 2. The smallest absolute Gasteiger partial charge is 0.356 e. The van der Waals surface area contributed by atoms with Gasteiger partial charge in [-0.2, -0.15) is 22.8 Å². The fraction of sp³-hybridized carbons (Fsp3) is 0.462. The van der Waals surface area contributed by atoms with E-state index in [1.54, 1.807) is 0 Å². The number of pyridine rings is 1. The van der Waals surface area contributed by atoms with Crippen LogP contribution < -0.4 is 16.0 Å². The number of alkyl halides is 5. The minimum atomic E-state index is -5.05. The average Bonchev–Trinajstić information content (AvgIpc) is 3.02. The quantitative estimate of drug-likeness (QED) is 0.466. The second-order valence-corrected chi connectivity index (χ2v) is 12.6. The van der Waals surface area contributed by atoms with Gasteiger partial charge in [-0.05, 0) is 51.0 Å². The van der Waals surface area contributed by atoms with E-state index in [0.29, 0.717) is 0 Å². The van der Waals surface area contributed by atoms with Crippen LogP contribution in [0.15, 0.2) is 33.5 Å².